The first kappa shape index (κ1) is 18.0. The molecular formula is C18H30N2O3. The molecule has 3 N–H and O–H groups in total. The Balaban J connectivity index is 2.26. The Morgan fingerprint density at radius 3 is 2.74 bits per heavy atom. The molecule has 0 aromatic carbocycles. The van der Waals surface area contributed by atoms with Gasteiger partial charge in [-0.25, -0.2) is 0 Å². The Hall–Kier alpha value is -1.36. The van der Waals surface area contributed by atoms with Gasteiger partial charge >= 0.3 is 0 Å². The molecule has 2 saturated carbocycles. The van der Waals surface area contributed by atoms with E-state index in [1.54, 1.807) is 0 Å². The van der Waals surface area contributed by atoms with Crippen molar-refractivity contribution in [3.05, 3.63) is 12.7 Å². The number of allylic oxidation sites excluding steroid dienone is 1. The van der Waals surface area contributed by atoms with Crippen LogP contribution in [0, 0.1) is 17.8 Å². The molecule has 0 heterocycles. The number of hydrogen-bond acceptors (Lipinski definition) is 3. The average molecular weight is 322 g/mol. The van der Waals surface area contributed by atoms with Gasteiger partial charge in [-0.15, -0.1) is 6.58 Å². The van der Waals surface area contributed by atoms with Gasteiger partial charge in [-0.3, -0.25) is 9.59 Å². The van der Waals surface area contributed by atoms with Crippen molar-refractivity contribution in [2.24, 2.45) is 17.8 Å². The van der Waals surface area contributed by atoms with Crippen LogP contribution < -0.4 is 10.6 Å². The lowest BCUT2D eigenvalue weighted by Crippen LogP contribution is -2.61. The summed E-state index contributed by atoms with van der Waals surface area (Å²) in [7, 11) is 0. The number of rotatable bonds is 7. The Bertz CT molecular complexity index is 465. The normalized spacial score (nSPS) is 35.6. The van der Waals surface area contributed by atoms with Crippen LogP contribution in [0.15, 0.2) is 12.7 Å². The number of amides is 2. The van der Waals surface area contributed by atoms with Gasteiger partial charge in [0, 0.05) is 13.5 Å². The van der Waals surface area contributed by atoms with E-state index in [0.29, 0.717) is 31.7 Å². The molecule has 5 heteroatoms. The standard InChI is InChI=1S/C18H30N2O3/c1-4-6-8-19-17(23)18(20-12(3)21)11-13-9-14(22)10-15(13)16(18)7-5-2/h5,13-16,22H,2,4,6-11H2,1,3H3,(H,19,23)(H,20,21)/t13-,14-,15-,16+,18+/m1/s1. The molecular weight excluding hydrogens is 292 g/mol. The van der Waals surface area contributed by atoms with Crippen LogP contribution in [0.25, 0.3) is 0 Å². The third kappa shape index (κ3) is 3.60. The van der Waals surface area contributed by atoms with Gasteiger partial charge in [0.15, 0.2) is 0 Å². The number of unbranched alkanes of at least 4 members (excludes halogenated alkanes) is 1. The third-order valence-electron chi connectivity index (χ3n) is 5.50. The van der Waals surface area contributed by atoms with E-state index in [1.807, 2.05) is 6.08 Å². The molecule has 2 aliphatic rings. The number of carbonyl (C=O) groups is 2. The van der Waals surface area contributed by atoms with Crippen LogP contribution >= 0.6 is 0 Å². The maximum Gasteiger partial charge on any atom is 0.246 e. The maximum atomic E-state index is 13.0. The summed E-state index contributed by atoms with van der Waals surface area (Å²) in [6.07, 6.45) is 6.22. The van der Waals surface area contributed by atoms with Crippen LogP contribution in [0.5, 0.6) is 0 Å². The first-order chi connectivity index (χ1) is 10.9. The van der Waals surface area contributed by atoms with Crippen LogP contribution in [0.3, 0.4) is 0 Å². The fourth-order valence-corrected chi connectivity index (χ4v) is 4.65. The predicted octanol–water partition coefficient (Wildman–Crippen LogP) is 1.76. The highest BCUT2D eigenvalue weighted by Crippen LogP contribution is 2.54. The minimum Gasteiger partial charge on any atom is -0.393 e. The van der Waals surface area contributed by atoms with E-state index < -0.39 is 5.54 Å². The summed E-state index contributed by atoms with van der Waals surface area (Å²) in [6.45, 7) is 8.01. The second-order valence-corrected chi connectivity index (χ2v) is 7.15. The number of carbonyl (C=O) groups excluding carboxylic acids is 2. The average Bonchev–Trinajstić information content (AvgIpc) is 2.95. The molecule has 5 atom stereocenters. The summed E-state index contributed by atoms with van der Waals surface area (Å²) in [4.78, 5) is 24.8. The SMILES string of the molecule is C=CC[C@H]1[C@@H]2C[C@H](O)C[C@@H]2C[C@@]1(NC(C)=O)C(=O)NCCCC. The van der Waals surface area contributed by atoms with Crippen molar-refractivity contribution in [1.29, 1.82) is 0 Å². The van der Waals surface area contributed by atoms with Gasteiger partial charge in [0.25, 0.3) is 0 Å². The smallest absolute Gasteiger partial charge is 0.246 e. The molecule has 0 spiro atoms. The van der Waals surface area contributed by atoms with Crippen molar-refractivity contribution in [3.8, 4) is 0 Å². The van der Waals surface area contributed by atoms with Gasteiger partial charge in [0.1, 0.15) is 5.54 Å². The monoisotopic (exact) mass is 322 g/mol. The van der Waals surface area contributed by atoms with Crippen molar-refractivity contribution < 1.29 is 14.7 Å². The molecule has 23 heavy (non-hydrogen) atoms. The topological polar surface area (TPSA) is 78.4 Å². The number of hydrogen-bond donors (Lipinski definition) is 3. The number of aliphatic hydroxyl groups is 1. The van der Waals surface area contributed by atoms with Gasteiger partial charge in [-0.1, -0.05) is 19.4 Å². The van der Waals surface area contributed by atoms with E-state index in [4.69, 9.17) is 0 Å². The van der Waals surface area contributed by atoms with E-state index in [1.165, 1.54) is 6.92 Å². The zero-order valence-electron chi connectivity index (χ0n) is 14.3. The molecule has 130 valence electrons. The van der Waals surface area contributed by atoms with E-state index in [2.05, 4.69) is 24.1 Å². The van der Waals surface area contributed by atoms with Crippen LogP contribution in [0.1, 0.15) is 52.4 Å². The molecule has 0 unspecified atom stereocenters. The van der Waals surface area contributed by atoms with Crippen LogP contribution in [0.2, 0.25) is 0 Å². The summed E-state index contributed by atoms with van der Waals surface area (Å²) < 4.78 is 0. The van der Waals surface area contributed by atoms with Crippen LogP contribution in [0.4, 0.5) is 0 Å². The van der Waals surface area contributed by atoms with Crippen molar-refractivity contribution in [2.75, 3.05) is 6.54 Å². The van der Waals surface area contributed by atoms with Gasteiger partial charge in [0.05, 0.1) is 6.10 Å². The van der Waals surface area contributed by atoms with E-state index in [0.717, 1.165) is 19.3 Å². The largest absolute Gasteiger partial charge is 0.393 e. The second kappa shape index (κ2) is 7.47. The van der Waals surface area contributed by atoms with Gasteiger partial charge in [0.2, 0.25) is 11.8 Å². The molecule has 0 bridgehead atoms. The Morgan fingerprint density at radius 1 is 1.39 bits per heavy atom. The number of aliphatic hydroxyl groups excluding tert-OH is 1. The summed E-state index contributed by atoms with van der Waals surface area (Å²) in [5, 5.41) is 16.0. The van der Waals surface area contributed by atoms with Crippen molar-refractivity contribution in [1.82, 2.24) is 10.6 Å². The fourth-order valence-electron chi connectivity index (χ4n) is 4.65. The molecule has 0 saturated heterocycles. The zero-order chi connectivity index (χ0) is 17.0. The third-order valence-corrected chi connectivity index (χ3v) is 5.50. The van der Waals surface area contributed by atoms with Crippen molar-refractivity contribution in [2.45, 2.75) is 64.0 Å². The Kier molecular flexibility index (Phi) is 5.84. The second-order valence-electron chi connectivity index (χ2n) is 7.15. The number of nitrogens with one attached hydrogen (secondary N) is 2. The van der Waals surface area contributed by atoms with Crippen LogP contribution in [-0.4, -0.2) is 35.1 Å². The van der Waals surface area contributed by atoms with Gasteiger partial charge in [-0.2, -0.15) is 0 Å². The Morgan fingerprint density at radius 2 is 2.13 bits per heavy atom. The maximum absolute atomic E-state index is 13.0. The molecule has 0 aromatic rings. The first-order valence-corrected chi connectivity index (χ1v) is 8.80. The molecule has 2 rings (SSSR count). The van der Waals surface area contributed by atoms with Crippen LogP contribution in [-0.2, 0) is 9.59 Å². The summed E-state index contributed by atoms with van der Waals surface area (Å²) >= 11 is 0. The molecule has 0 aromatic heterocycles. The first-order valence-electron chi connectivity index (χ1n) is 8.80. The lowest BCUT2D eigenvalue weighted by molar-refractivity contribution is -0.135. The fraction of sp³-hybridized carbons (Fsp3) is 0.778. The lowest BCUT2D eigenvalue weighted by atomic mass is 9.78. The Labute approximate surface area is 138 Å². The minimum absolute atomic E-state index is 0.00711. The molecule has 5 nitrogen and oxygen atoms in total. The predicted molar refractivity (Wildman–Crippen MR) is 89.6 cm³/mol. The van der Waals surface area contributed by atoms with E-state index in [9.17, 15) is 14.7 Å². The van der Waals surface area contributed by atoms with Crippen molar-refractivity contribution in [3.63, 3.8) is 0 Å². The van der Waals surface area contributed by atoms with Gasteiger partial charge < -0.3 is 15.7 Å². The van der Waals surface area contributed by atoms with Crippen molar-refractivity contribution >= 4 is 11.8 Å². The summed E-state index contributed by atoms with van der Waals surface area (Å²) in [5.41, 5.74) is -0.858. The quantitative estimate of drug-likeness (QED) is 0.494. The molecule has 0 radical (unpaired) electrons. The molecule has 0 aliphatic heterocycles. The lowest BCUT2D eigenvalue weighted by Gasteiger charge is -2.36. The molecule has 2 fully saturated rings. The highest BCUT2D eigenvalue weighted by atomic mass is 16.3. The minimum atomic E-state index is -0.858. The summed E-state index contributed by atoms with van der Waals surface area (Å²) in [5.74, 6) is 0.320. The highest BCUT2D eigenvalue weighted by Gasteiger charge is 2.59. The van der Waals surface area contributed by atoms with E-state index >= 15 is 0 Å². The zero-order valence-corrected chi connectivity index (χ0v) is 14.3. The molecule has 2 amide bonds. The highest BCUT2D eigenvalue weighted by molar-refractivity contribution is 5.91. The number of fused-ring (bicyclic) bond motifs is 1. The van der Waals surface area contributed by atoms with E-state index in [-0.39, 0.29) is 29.8 Å². The molecule has 2 aliphatic carbocycles. The summed E-state index contributed by atoms with van der Waals surface area (Å²) in [6, 6.07) is 0. The van der Waals surface area contributed by atoms with Gasteiger partial charge in [-0.05, 0) is 49.9 Å².